The van der Waals surface area contributed by atoms with Crippen molar-refractivity contribution in [2.45, 2.75) is 17.7 Å². The van der Waals surface area contributed by atoms with Crippen LogP contribution in [0.15, 0.2) is 23.1 Å². The van der Waals surface area contributed by atoms with Gasteiger partial charge in [0.15, 0.2) is 0 Å². The van der Waals surface area contributed by atoms with Gasteiger partial charge < -0.3 is 15.6 Å². The highest BCUT2D eigenvalue weighted by Crippen LogP contribution is 2.19. The van der Waals surface area contributed by atoms with Gasteiger partial charge in [0, 0.05) is 20.3 Å². The molecule has 8 heteroatoms. The molecule has 4 N–H and O–H groups in total. The number of carbonyl (C=O) groups is 1. The number of nitrogen functional groups attached to an aromatic ring is 1. The van der Waals surface area contributed by atoms with E-state index in [1.807, 2.05) is 0 Å². The summed E-state index contributed by atoms with van der Waals surface area (Å²) in [5.41, 5.74) is 5.45. The SMILES string of the molecule is COCCCCNS(=O)(=O)c1ccc(C(=O)O)cc1N. The molecule has 7 nitrogen and oxygen atoms in total. The Morgan fingerprint density at radius 1 is 1.40 bits per heavy atom. The summed E-state index contributed by atoms with van der Waals surface area (Å²) in [5, 5.41) is 8.79. The Morgan fingerprint density at radius 2 is 2.10 bits per heavy atom. The van der Waals surface area contributed by atoms with Crippen molar-refractivity contribution in [1.82, 2.24) is 4.72 Å². The standard InChI is InChI=1S/C12H18N2O5S/c1-19-7-3-2-6-14-20(17,18)11-5-4-9(12(15)16)8-10(11)13/h4-5,8,14H,2-3,6-7,13H2,1H3,(H,15,16). The Bertz CT molecular complexity index is 571. The number of benzene rings is 1. The summed E-state index contributed by atoms with van der Waals surface area (Å²) in [6, 6.07) is 3.52. The average Bonchev–Trinajstić information content (AvgIpc) is 2.37. The van der Waals surface area contributed by atoms with Gasteiger partial charge in [0.2, 0.25) is 10.0 Å². The van der Waals surface area contributed by atoms with Crippen LogP contribution in [0.4, 0.5) is 5.69 Å². The lowest BCUT2D eigenvalue weighted by molar-refractivity contribution is 0.0697. The van der Waals surface area contributed by atoms with E-state index in [4.69, 9.17) is 15.6 Å². The quantitative estimate of drug-likeness (QED) is 0.480. The molecule has 1 aromatic rings. The normalized spacial score (nSPS) is 11.4. The van der Waals surface area contributed by atoms with Gasteiger partial charge in [-0.05, 0) is 31.0 Å². The second-order valence-corrected chi connectivity index (χ2v) is 5.89. The number of hydrogen-bond acceptors (Lipinski definition) is 5. The molecule has 0 aliphatic carbocycles. The Balaban J connectivity index is 2.75. The van der Waals surface area contributed by atoms with Crippen molar-refractivity contribution in [1.29, 1.82) is 0 Å². The van der Waals surface area contributed by atoms with Crippen molar-refractivity contribution >= 4 is 21.7 Å². The van der Waals surface area contributed by atoms with E-state index in [1.54, 1.807) is 7.11 Å². The van der Waals surface area contributed by atoms with Crippen molar-refractivity contribution in [3.63, 3.8) is 0 Å². The lowest BCUT2D eigenvalue weighted by Gasteiger charge is -2.09. The maximum absolute atomic E-state index is 12.0. The van der Waals surface area contributed by atoms with Gasteiger partial charge in [-0.3, -0.25) is 0 Å². The maximum atomic E-state index is 12.0. The van der Waals surface area contributed by atoms with E-state index < -0.39 is 16.0 Å². The summed E-state index contributed by atoms with van der Waals surface area (Å²) < 4.78 is 31.3. The molecule has 0 bridgehead atoms. The van der Waals surface area contributed by atoms with Gasteiger partial charge in [-0.1, -0.05) is 0 Å². The van der Waals surface area contributed by atoms with E-state index in [1.165, 1.54) is 12.1 Å². The smallest absolute Gasteiger partial charge is 0.335 e. The first-order valence-corrected chi connectivity index (χ1v) is 7.48. The Hall–Kier alpha value is -1.64. The van der Waals surface area contributed by atoms with E-state index in [9.17, 15) is 13.2 Å². The number of rotatable bonds is 8. The molecule has 0 aromatic heterocycles. The number of methoxy groups -OCH3 is 1. The molecule has 0 spiro atoms. The van der Waals surface area contributed by atoms with Crippen molar-refractivity contribution in [2.75, 3.05) is 26.0 Å². The first-order chi connectivity index (χ1) is 9.38. The minimum Gasteiger partial charge on any atom is -0.478 e. The highest BCUT2D eigenvalue weighted by molar-refractivity contribution is 7.89. The number of hydrogen-bond donors (Lipinski definition) is 3. The van der Waals surface area contributed by atoms with Crippen LogP contribution in [0.25, 0.3) is 0 Å². The number of nitrogens with one attached hydrogen (secondary N) is 1. The fraction of sp³-hybridized carbons (Fsp3) is 0.417. The number of nitrogens with two attached hydrogens (primary N) is 1. The summed E-state index contributed by atoms with van der Waals surface area (Å²) in [6.07, 6.45) is 1.38. The average molecular weight is 302 g/mol. The molecule has 0 aliphatic rings. The maximum Gasteiger partial charge on any atom is 0.335 e. The molecule has 0 heterocycles. The largest absolute Gasteiger partial charge is 0.478 e. The van der Waals surface area contributed by atoms with Crippen molar-refractivity contribution in [3.8, 4) is 0 Å². The zero-order valence-electron chi connectivity index (χ0n) is 11.1. The molecule has 1 aromatic carbocycles. The minimum absolute atomic E-state index is 0.0541. The van der Waals surface area contributed by atoms with Crippen molar-refractivity contribution in [3.05, 3.63) is 23.8 Å². The summed E-state index contributed by atoms with van der Waals surface area (Å²) >= 11 is 0. The lowest BCUT2D eigenvalue weighted by atomic mass is 10.2. The molecule has 1 rings (SSSR count). The Labute approximate surface area is 117 Å². The van der Waals surface area contributed by atoms with Gasteiger partial charge in [0.25, 0.3) is 0 Å². The van der Waals surface area contributed by atoms with Crippen LogP contribution in [0, 0.1) is 0 Å². The van der Waals surface area contributed by atoms with Crippen LogP contribution in [-0.2, 0) is 14.8 Å². The van der Waals surface area contributed by atoms with Gasteiger partial charge in [-0.2, -0.15) is 0 Å². The predicted octanol–water partition coefficient (Wildman–Crippen LogP) is 0.672. The summed E-state index contributed by atoms with van der Waals surface area (Å²) in [6.45, 7) is 0.836. The van der Waals surface area contributed by atoms with E-state index in [2.05, 4.69) is 4.72 Å². The number of ether oxygens (including phenoxy) is 1. The number of carboxylic acid groups (broad SMARTS) is 1. The Kier molecular flexibility index (Phi) is 5.93. The molecule has 0 unspecified atom stereocenters. The number of anilines is 1. The zero-order chi connectivity index (χ0) is 15.2. The second-order valence-electron chi connectivity index (χ2n) is 4.16. The molecule has 0 fully saturated rings. The molecule has 20 heavy (non-hydrogen) atoms. The molecular formula is C12H18N2O5S. The van der Waals surface area contributed by atoms with Crippen LogP contribution >= 0.6 is 0 Å². The van der Waals surface area contributed by atoms with Crippen LogP contribution in [0.5, 0.6) is 0 Å². The van der Waals surface area contributed by atoms with E-state index in [-0.39, 0.29) is 22.7 Å². The molecular weight excluding hydrogens is 284 g/mol. The third-order valence-electron chi connectivity index (χ3n) is 2.61. The van der Waals surface area contributed by atoms with E-state index in [0.29, 0.717) is 13.0 Å². The first kappa shape index (κ1) is 16.4. The predicted molar refractivity (Wildman–Crippen MR) is 74.1 cm³/mol. The lowest BCUT2D eigenvalue weighted by Crippen LogP contribution is -2.26. The van der Waals surface area contributed by atoms with E-state index >= 15 is 0 Å². The van der Waals surface area contributed by atoms with Gasteiger partial charge in [-0.25, -0.2) is 17.9 Å². The topological polar surface area (TPSA) is 119 Å². The van der Waals surface area contributed by atoms with Gasteiger partial charge in [0.1, 0.15) is 4.90 Å². The van der Waals surface area contributed by atoms with Gasteiger partial charge in [0.05, 0.1) is 11.3 Å². The molecule has 0 atom stereocenters. The number of carboxylic acids is 1. The molecule has 0 saturated heterocycles. The molecule has 112 valence electrons. The second kappa shape index (κ2) is 7.22. The molecule has 0 amide bonds. The molecule has 0 aliphatic heterocycles. The van der Waals surface area contributed by atoms with Gasteiger partial charge >= 0.3 is 5.97 Å². The van der Waals surface area contributed by atoms with E-state index in [0.717, 1.165) is 12.5 Å². The zero-order valence-corrected chi connectivity index (χ0v) is 11.9. The third kappa shape index (κ3) is 4.48. The third-order valence-corrected chi connectivity index (χ3v) is 4.15. The van der Waals surface area contributed by atoms with Crippen LogP contribution in [-0.4, -0.2) is 39.8 Å². The fourth-order valence-corrected chi connectivity index (χ4v) is 2.77. The van der Waals surface area contributed by atoms with Crippen LogP contribution < -0.4 is 10.5 Å². The number of sulfonamides is 1. The molecule has 0 radical (unpaired) electrons. The van der Waals surface area contributed by atoms with Crippen molar-refractivity contribution in [2.24, 2.45) is 0 Å². The Morgan fingerprint density at radius 3 is 2.65 bits per heavy atom. The minimum atomic E-state index is -3.73. The summed E-state index contributed by atoms with van der Waals surface area (Å²) in [5.74, 6) is -1.16. The summed E-state index contributed by atoms with van der Waals surface area (Å²) in [7, 11) is -2.15. The highest BCUT2D eigenvalue weighted by Gasteiger charge is 2.18. The van der Waals surface area contributed by atoms with Crippen LogP contribution in [0.3, 0.4) is 0 Å². The van der Waals surface area contributed by atoms with Crippen molar-refractivity contribution < 1.29 is 23.1 Å². The van der Waals surface area contributed by atoms with Crippen LogP contribution in [0.1, 0.15) is 23.2 Å². The first-order valence-electron chi connectivity index (χ1n) is 6.00. The summed E-state index contributed by atoms with van der Waals surface area (Å²) in [4.78, 5) is 10.6. The molecule has 0 saturated carbocycles. The number of unbranched alkanes of at least 4 members (excludes halogenated alkanes) is 1. The van der Waals surface area contributed by atoms with Gasteiger partial charge in [-0.15, -0.1) is 0 Å². The number of aromatic carboxylic acids is 1. The monoisotopic (exact) mass is 302 g/mol. The van der Waals surface area contributed by atoms with Crippen LogP contribution in [0.2, 0.25) is 0 Å². The fourth-order valence-electron chi connectivity index (χ4n) is 1.58. The highest BCUT2D eigenvalue weighted by atomic mass is 32.2.